The van der Waals surface area contributed by atoms with E-state index in [0.717, 1.165) is 10.2 Å². The monoisotopic (exact) mass is 394 g/mol. The molecule has 0 aliphatic carbocycles. The van der Waals surface area contributed by atoms with Crippen LogP contribution < -0.4 is 26.5 Å². The van der Waals surface area contributed by atoms with Gasteiger partial charge in [0.1, 0.15) is 12.3 Å². The van der Waals surface area contributed by atoms with Crippen LogP contribution in [0.2, 0.25) is 0 Å². The third-order valence-corrected chi connectivity index (χ3v) is 4.70. The van der Waals surface area contributed by atoms with Gasteiger partial charge in [-0.1, -0.05) is 18.2 Å². The molecule has 0 saturated carbocycles. The fourth-order valence-electron chi connectivity index (χ4n) is 3.24. The van der Waals surface area contributed by atoms with E-state index in [1.54, 1.807) is 49.4 Å². The lowest BCUT2D eigenvalue weighted by molar-refractivity contribution is -0.122. The van der Waals surface area contributed by atoms with Gasteiger partial charge in [0.25, 0.3) is 17.0 Å². The maximum absolute atomic E-state index is 12.5. The van der Waals surface area contributed by atoms with Crippen molar-refractivity contribution in [2.75, 3.05) is 11.9 Å². The molecule has 2 heterocycles. The van der Waals surface area contributed by atoms with Crippen LogP contribution in [0.15, 0.2) is 52.1 Å². The number of aromatic amines is 1. The van der Waals surface area contributed by atoms with Gasteiger partial charge in [-0.25, -0.2) is 4.68 Å². The average molecular weight is 394 g/mol. The summed E-state index contributed by atoms with van der Waals surface area (Å²) in [6.07, 6.45) is 0. The van der Waals surface area contributed by atoms with Gasteiger partial charge in [0.05, 0.1) is 22.5 Å². The fraction of sp³-hybridized carbons (Fsp3) is 0.200. The molecule has 0 radical (unpaired) electrons. The molecule has 1 aliphatic rings. The molecule has 1 aromatic heterocycles. The van der Waals surface area contributed by atoms with Crippen LogP contribution in [0.4, 0.5) is 5.69 Å². The molecule has 1 unspecified atom stereocenters. The number of H-pyrrole nitrogens is 1. The average Bonchev–Trinajstić information content (AvgIpc) is 2.71. The Balaban J connectivity index is 1.52. The highest BCUT2D eigenvalue weighted by Gasteiger charge is 2.18. The van der Waals surface area contributed by atoms with Crippen molar-refractivity contribution in [1.29, 1.82) is 0 Å². The van der Waals surface area contributed by atoms with Gasteiger partial charge < -0.3 is 15.4 Å². The van der Waals surface area contributed by atoms with E-state index in [4.69, 9.17) is 4.74 Å². The van der Waals surface area contributed by atoms with E-state index in [-0.39, 0.29) is 29.8 Å². The van der Waals surface area contributed by atoms with Crippen molar-refractivity contribution in [2.45, 2.75) is 19.5 Å². The second-order valence-electron chi connectivity index (χ2n) is 6.76. The number of hydrogen-bond donors (Lipinski definition) is 3. The summed E-state index contributed by atoms with van der Waals surface area (Å²) in [4.78, 5) is 48.6. The maximum Gasteiger partial charge on any atom is 0.273 e. The van der Waals surface area contributed by atoms with Gasteiger partial charge in [0, 0.05) is 0 Å². The zero-order valence-corrected chi connectivity index (χ0v) is 15.5. The second-order valence-corrected chi connectivity index (χ2v) is 6.76. The first-order valence-corrected chi connectivity index (χ1v) is 9.00. The Bertz CT molecular complexity index is 1240. The molecule has 1 atom stereocenters. The minimum Gasteiger partial charge on any atom is -0.482 e. The summed E-state index contributed by atoms with van der Waals surface area (Å²) < 4.78 is 6.31. The van der Waals surface area contributed by atoms with E-state index in [0.29, 0.717) is 11.4 Å². The van der Waals surface area contributed by atoms with Crippen LogP contribution in [0.3, 0.4) is 0 Å². The van der Waals surface area contributed by atoms with Gasteiger partial charge in [-0.05, 0) is 36.8 Å². The first-order valence-electron chi connectivity index (χ1n) is 9.00. The number of fused-ring (bicyclic) bond motifs is 2. The van der Waals surface area contributed by atoms with Crippen LogP contribution in [0.25, 0.3) is 10.8 Å². The number of aromatic nitrogens is 2. The Hall–Kier alpha value is -3.88. The highest BCUT2D eigenvalue weighted by molar-refractivity contribution is 5.95. The molecule has 4 rings (SSSR count). The Labute approximate surface area is 164 Å². The normalized spacial score (nSPS) is 13.9. The van der Waals surface area contributed by atoms with Gasteiger partial charge in [0.2, 0.25) is 5.91 Å². The van der Waals surface area contributed by atoms with Crippen LogP contribution in [-0.4, -0.2) is 28.2 Å². The van der Waals surface area contributed by atoms with E-state index in [1.165, 1.54) is 0 Å². The van der Waals surface area contributed by atoms with Crippen molar-refractivity contribution in [1.82, 2.24) is 15.1 Å². The number of ether oxygens (including phenoxy) is 1. The fourth-order valence-corrected chi connectivity index (χ4v) is 3.24. The summed E-state index contributed by atoms with van der Waals surface area (Å²) in [5.74, 6) is -0.123. The highest BCUT2D eigenvalue weighted by atomic mass is 16.5. The molecule has 2 aromatic carbocycles. The minimum atomic E-state index is -0.448. The van der Waals surface area contributed by atoms with E-state index in [2.05, 4.69) is 15.7 Å². The lowest BCUT2D eigenvalue weighted by Gasteiger charge is -2.21. The number of rotatable bonds is 4. The van der Waals surface area contributed by atoms with Crippen LogP contribution >= 0.6 is 0 Å². The summed E-state index contributed by atoms with van der Waals surface area (Å²) in [5, 5.41) is 8.46. The molecule has 29 heavy (non-hydrogen) atoms. The summed E-state index contributed by atoms with van der Waals surface area (Å²) in [7, 11) is 0. The topological polar surface area (TPSA) is 122 Å². The standard InChI is InChI=1S/C20H18N4O5/c1-11(12-6-7-16-15(8-12)22-18(26)10-29-16)21-17(25)9-24-20(28)14-5-3-2-4-13(14)19(27)23-24/h2-8,11H,9-10H2,1H3,(H,21,25)(H,22,26)(H,23,27). The molecule has 148 valence electrons. The minimum absolute atomic E-state index is 0.0304. The Morgan fingerprint density at radius 3 is 2.72 bits per heavy atom. The molecule has 9 heteroatoms. The maximum atomic E-state index is 12.5. The van der Waals surface area contributed by atoms with Gasteiger partial charge in [-0.2, -0.15) is 0 Å². The number of benzene rings is 2. The molecule has 3 aromatic rings. The number of hydrogen-bond acceptors (Lipinski definition) is 5. The summed E-state index contributed by atoms with van der Waals surface area (Å²) >= 11 is 0. The lowest BCUT2D eigenvalue weighted by atomic mass is 10.1. The third-order valence-electron chi connectivity index (χ3n) is 4.70. The molecule has 3 N–H and O–H groups in total. The van der Waals surface area contributed by atoms with Crippen LogP contribution in [-0.2, 0) is 16.1 Å². The molecule has 2 amide bonds. The molecule has 9 nitrogen and oxygen atoms in total. The van der Waals surface area contributed by atoms with Crippen LogP contribution in [0, 0.1) is 0 Å². The van der Waals surface area contributed by atoms with E-state index >= 15 is 0 Å². The van der Waals surface area contributed by atoms with Crippen LogP contribution in [0.1, 0.15) is 18.5 Å². The predicted octanol–water partition coefficient (Wildman–Crippen LogP) is 0.898. The van der Waals surface area contributed by atoms with Crippen LogP contribution in [0.5, 0.6) is 5.75 Å². The van der Waals surface area contributed by atoms with Crippen molar-refractivity contribution >= 4 is 28.3 Å². The quantitative estimate of drug-likeness (QED) is 0.607. The van der Waals surface area contributed by atoms with Crippen molar-refractivity contribution in [3.8, 4) is 5.75 Å². The molecular formula is C20H18N4O5. The van der Waals surface area contributed by atoms with Gasteiger partial charge in [-0.3, -0.25) is 24.3 Å². The molecule has 0 saturated heterocycles. The Kier molecular flexibility index (Phi) is 4.63. The van der Waals surface area contributed by atoms with E-state index in [9.17, 15) is 19.2 Å². The number of carbonyl (C=O) groups excluding carboxylic acids is 2. The number of nitrogens with zero attached hydrogens (tertiary/aromatic N) is 1. The van der Waals surface area contributed by atoms with Crippen molar-refractivity contribution < 1.29 is 14.3 Å². The summed E-state index contributed by atoms with van der Waals surface area (Å²) in [6, 6.07) is 11.3. The Morgan fingerprint density at radius 2 is 1.93 bits per heavy atom. The van der Waals surface area contributed by atoms with E-state index < -0.39 is 23.1 Å². The zero-order chi connectivity index (χ0) is 20.5. The van der Waals surface area contributed by atoms with Crippen molar-refractivity contribution in [3.05, 3.63) is 68.7 Å². The number of carbonyl (C=O) groups is 2. The Morgan fingerprint density at radius 1 is 1.17 bits per heavy atom. The molecule has 0 spiro atoms. The van der Waals surface area contributed by atoms with Crippen molar-refractivity contribution in [3.63, 3.8) is 0 Å². The number of anilines is 1. The third kappa shape index (κ3) is 3.62. The first-order chi connectivity index (χ1) is 13.9. The first kappa shape index (κ1) is 18.5. The van der Waals surface area contributed by atoms with E-state index in [1.807, 2.05) is 0 Å². The predicted molar refractivity (Wildman–Crippen MR) is 106 cm³/mol. The van der Waals surface area contributed by atoms with Gasteiger partial charge in [-0.15, -0.1) is 0 Å². The molecule has 0 fully saturated rings. The summed E-state index contributed by atoms with van der Waals surface area (Å²) in [5.41, 5.74) is 0.403. The van der Waals surface area contributed by atoms with Gasteiger partial charge >= 0.3 is 0 Å². The van der Waals surface area contributed by atoms with Gasteiger partial charge in [0.15, 0.2) is 6.61 Å². The molecule has 1 aliphatic heterocycles. The summed E-state index contributed by atoms with van der Waals surface area (Å²) in [6.45, 7) is 1.42. The molecule has 0 bridgehead atoms. The van der Waals surface area contributed by atoms with Crippen molar-refractivity contribution in [2.24, 2.45) is 0 Å². The lowest BCUT2D eigenvalue weighted by Crippen LogP contribution is -2.37. The highest BCUT2D eigenvalue weighted by Crippen LogP contribution is 2.30. The smallest absolute Gasteiger partial charge is 0.273 e. The molecular weight excluding hydrogens is 376 g/mol. The largest absolute Gasteiger partial charge is 0.482 e. The SMILES string of the molecule is CC(NC(=O)Cn1[nH]c(=O)c2ccccc2c1=O)c1ccc2c(c1)NC(=O)CO2. The number of amides is 2. The number of nitrogens with one attached hydrogen (secondary N) is 3. The zero-order valence-electron chi connectivity index (χ0n) is 15.5. The second kappa shape index (κ2) is 7.27.